The number of carbonyl (C=O) groups is 3. The Hall–Kier alpha value is -2.57. The number of carbonyl (C=O) groups excluding carboxylic acids is 2. The summed E-state index contributed by atoms with van der Waals surface area (Å²) in [5.74, 6) is -1.58. The molecule has 0 fully saturated rings. The molecule has 0 aromatic heterocycles. The highest BCUT2D eigenvalue weighted by atomic mass is 16.4. The van der Waals surface area contributed by atoms with Crippen LogP contribution in [0.25, 0.3) is 0 Å². The van der Waals surface area contributed by atoms with Crippen molar-refractivity contribution in [3.63, 3.8) is 0 Å². The lowest BCUT2D eigenvalue weighted by Gasteiger charge is -2.21. The lowest BCUT2D eigenvalue weighted by atomic mass is 10.2. The number of rotatable bonds is 5. The third-order valence-electron chi connectivity index (χ3n) is 2.89. The zero-order valence-electron chi connectivity index (χ0n) is 12.2. The summed E-state index contributed by atoms with van der Waals surface area (Å²) < 4.78 is 0. The fourth-order valence-electron chi connectivity index (χ4n) is 1.41. The summed E-state index contributed by atoms with van der Waals surface area (Å²) in [5, 5.41) is 13.4. The van der Waals surface area contributed by atoms with Gasteiger partial charge in [0.2, 0.25) is 0 Å². The maximum atomic E-state index is 11.8. The summed E-state index contributed by atoms with van der Waals surface area (Å²) in [6, 6.07) is 6.03. The number of aliphatic carboxylic acids is 1. The van der Waals surface area contributed by atoms with Gasteiger partial charge in [-0.2, -0.15) is 0 Å². The number of benzene rings is 1. The second kappa shape index (κ2) is 7.28. The van der Waals surface area contributed by atoms with E-state index in [0.29, 0.717) is 11.3 Å². The molecule has 1 aromatic rings. The Kier molecular flexibility index (Phi) is 5.71. The SMILES string of the molecule is CC(C)N(C)C(=O)Nc1ccc(C(=O)NCC(=O)O)cc1. The molecule has 0 radical (unpaired) electrons. The highest BCUT2D eigenvalue weighted by molar-refractivity contribution is 5.96. The van der Waals surface area contributed by atoms with E-state index in [9.17, 15) is 14.4 Å². The van der Waals surface area contributed by atoms with Crippen molar-refractivity contribution in [3.8, 4) is 0 Å². The molecule has 1 rings (SSSR count). The number of amides is 3. The minimum Gasteiger partial charge on any atom is -0.480 e. The molecule has 1 aromatic carbocycles. The van der Waals surface area contributed by atoms with E-state index < -0.39 is 18.4 Å². The van der Waals surface area contributed by atoms with Gasteiger partial charge >= 0.3 is 12.0 Å². The van der Waals surface area contributed by atoms with Crippen LogP contribution in [-0.4, -0.2) is 47.5 Å². The molecule has 0 atom stereocenters. The van der Waals surface area contributed by atoms with Crippen LogP contribution in [0.5, 0.6) is 0 Å². The average Bonchev–Trinajstić information content (AvgIpc) is 2.44. The largest absolute Gasteiger partial charge is 0.480 e. The lowest BCUT2D eigenvalue weighted by molar-refractivity contribution is -0.135. The quantitative estimate of drug-likeness (QED) is 0.763. The molecule has 21 heavy (non-hydrogen) atoms. The van der Waals surface area contributed by atoms with Crippen molar-refractivity contribution in [1.82, 2.24) is 10.2 Å². The highest BCUT2D eigenvalue weighted by Crippen LogP contribution is 2.11. The van der Waals surface area contributed by atoms with Crippen LogP contribution in [0.15, 0.2) is 24.3 Å². The van der Waals surface area contributed by atoms with Crippen molar-refractivity contribution in [1.29, 1.82) is 0 Å². The van der Waals surface area contributed by atoms with Gasteiger partial charge in [0.15, 0.2) is 0 Å². The van der Waals surface area contributed by atoms with Gasteiger partial charge in [-0.15, -0.1) is 0 Å². The molecule has 3 amide bonds. The molecule has 0 aliphatic rings. The van der Waals surface area contributed by atoms with E-state index in [1.165, 1.54) is 12.1 Å². The topological polar surface area (TPSA) is 98.7 Å². The number of nitrogens with zero attached hydrogens (tertiary/aromatic N) is 1. The molecule has 0 spiro atoms. The molecular weight excluding hydrogens is 274 g/mol. The first-order valence-corrected chi connectivity index (χ1v) is 6.45. The van der Waals surface area contributed by atoms with Gasteiger partial charge in [-0.05, 0) is 38.1 Å². The molecule has 0 saturated heterocycles. The average molecular weight is 293 g/mol. The van der Waals surface area contributed by atoms with Gasteiger partial charge in [0.25, 0.3) is 5.91 Å². The van der Waals surface area contributed by atoms with Crippen molar-refractivity contribution in [3.05, 3.63) is 29.8 Å². The van der Waals surface area contributed by atoms with Crippen LogP contribution in [0, 0.1) is 0 Å². The fourth-order valence-corrected chi connectivity index (χ4v) is 1.41. The van der Waals surface area contributed by atoms with Crippen LogP contribution >= 0.6 is 0 Å². The van der Waals surface area contributed by atoms with Gasteiger partial charge in [-0.1, -0.05) is 0 Å². The molecule has 0 saturated carbocycles. The van der Waals surface area contributed by atoms with E-state index in [0.717, 1.165) is 0 Å². The Labute approximate surface area is 122 Å². The Morgan fingerprint density at radius 1 is 1.19 bits per heavy atom. The van der Waals surface area contributed by atoms with Gasteiger partial charge in [0.05, 0.1) is 0 Å². The van der Waals surface area contributed by atoms with Crippen LogP contribution in [0.4, 0.5) is 10.5 Å². The Balaban J connectivity index is 2.64. The van der Waals surface area contributed by atoms with Crippen LogP contribution in [0.1, 0.15) is 24.2 Å². The molecule has 7 nitrogen and oxygen atoms in total. The molecule has 0 bridgehead atoms. The van der Waals surface area contributed by atoms with Crippen LogP contribution < -0.4 is 10.6 Å². The van der Waals surface area contributed by atoms with E-state index in [1.54, 1.807) is 24.1 Å². The molecule has 0 heterocycles. The van der Waals surface area contributed by atoms with E-state index >= 15 is 0 Å². The van der Waals surface area contributed by atoms with Crippen molar-refractivity contribution >= 4 is 23.6 Å². The molecule has 3 N–H and O–H groups in total. The summed E-state index contributed by atoms with van der Waals surface area (Å²) in [4.78, 5) is 35.3. The number of hydrogen-bond acceptors (Lipinski definition) is 3. The maximum Gasteiger partial charge on any atom is 0.322 e. The number of carboxylic acids is 1. The normalized spacial score (nSPS) is 10.1. The zero-order valence-corrected chi connectivity index (χ0v) is 12.2. The summed E-state index contributed by atoms with van der Waals surface area (Å²) in [7, 11) is 1.69. The second-order valence-corrected chi connectivity index (χ2v) is 4.79. The maximum absolute atomic E-state index is 11.8. The van der Waals surface area contributed by atoms with Crippen LogP contribution in [0.3, 0.4) is 0 Å². The number of anilines is 1. The van der Waals surface area contributed by atoms with Crippen LogP contribution in [0.2, 0.25) is 0 Å². The minimum absolute atomic E-state index is 0.0751. The van der Waals surface area contributed by atoms with Gasteiger partial charge in [-0.3, -0.25) is 9.59 Å². The lowest BCUT2D eigenvalue weighted by Crippen LogP contribution is -2.36. The number of nitrogens with one attached hydrogen (secondary N) is 2. The van der Waals surface area contributed by atoms with E-state index in [4.69, 9.17) is 5.11 Å². The van der Waals surface area contributed by atoms with Crippen LogP contribution in [-0.2, 0) is 4.79 Å². The minimum atomic E-state index is -1.11. The summed E-state index contributed by atoms with van der Waals surface area (Å²) in [6.45, 7) is 3.36. The van der Waals surface area contributed by atoms with Gasteiger partial charge < -0.3 is 20.6 Å². The molecule has 0 aliphatic heterocycles. The summed E-state index contributed by atoms with van der Waals surface area (Å²) in [5.41, 5.74) is 0.883. The molecular formula is C14H19N3O4. The van der Waals surface area contributed by atoms with Gasteiger partial charge in [0.1, 0.15) is 6.54 Å². The van der Waals surface area contributed by atoms with Crippen molar-refractivity contribution < 1.29 is 19.5 Å². The fraction of sp³-hybridized carbons (Fsp3) is 0.357. The number of carboxylic acid groups (broad SMARTS) is 1. The smallest absolute Gasteiger partial charge is 0.322 e. The first-order valence-electron chi connectivity index (χ1n) is 6.45. The number of hydrogen-bond donors (Lipinski definition) is 3. The third-order valence-corrected chi connectivity index (χ3v) is 2.89. The monoisotopic (exact) mass is 293 g/mol. The number of urea groups is 1. The first kappa shape index (κ1) is 16.5. The Bertz CT molecular complexity index is 526. The zero-order chi connectivity index (χ0) is 16.0. The van der Waals surface area contributed by atoms with Crippen molar-refractivity contribution in [2.45, 2.75) is 19.9 Å². The molecule has 7 heteroatoms. The molecule has 0 unspecified atom stereocenters. The van der Waals surface area contributed by atoms with Crippen molar-refractivity contribution in [2.24, 2.45) is 0 Å². The van der Waals surface area contributed by atoms with Crippen molar-refractivity contribution in [2.75, 3.05) is 18.9 Å². The first-order chi connectivity index (χ1) is 9.81. The van der Waals surface area contributed by atoms with Gasteiger partial charge in [-0.25, -0.2) is 4.79 Å². The molecule has 0 aliphatic carbocycles. The predicted octanol–water partition coefficient (Wildman–Crippen LogP) is 1.37. The Morgan fingerprint density at radius 3 is 2.24 bits per heavy atom. The third kappa shape index (κ3) is 5.13. The van der Waals surface area contributed by atoms with E-state index in [-0.39, 0.29) is 12.1 Å². The summed E-state index contributed by atoms with van der Waals surface area (Å²) >= 11 is 0. The molecule has 114 valence electrons. The second-order valence-electron chi connectivity index (χ2n) is 4.79. The Morgan fingerprint density at radius 2 is 1.76 bits per heavy atom. The summed E-state index contributed by atoms with van der Waals surface area (Å²) in [6.07, 6.45) is 0. The predicted molar refractivity (Wildman–Crippen MR) is 78.3 cm³/mol. The standard InChI is InChI=1S/C14H19N3O4/c1-9(2)17(3)14(21)16-11-6-4-10(5-7-11)13(20)15-8-12(18)19/h4-7,9H,8H2,1-3H3,(H,15,20)(H,16,21)(H,18,19). The highest BCUT2D eigenvalue weighted by Gasteiger charge is 2.12. The van der Waals surface area contributed by atoms with E-state index in [1.807, 2.05) is 13.8 Å². The van der Waals surface area contributed by atoms with Gasteiger partial charge in [0, 0.05) is 24.3 Å². The van der Waals surface area contributed by atoms with E-state index in [2.05, 4.69) is 10.6 Å².